The molecule has 0 saturated heterocycles. The van der Waals surface area contributed by atoms with Crippen molar-refractivity contribution in [1.29, 1.82) is 0 Å². The average molecular weight is 662 g/mol. The summed E-state index contributed by atoms with van der Waals surface area (Å²) in [5.74, 6) is 3.20. The van der Waals surface area contributed by atoms with Crippen molar-refractivity contribution in [1.82, 2.24) is 15.1 Å². The Labute approximate surface area is 279 Å². The van der Waals surface area contributed by atoms with Crippen LogP contribution in [0.4, 0.5) is 11.5 Å². The van der Waals surface area contributed by atoms with Crippen molar-refractivity contribution in [2.45, 2.75) is 34.1 Å². The molecule has 1 aromatic heterocycles. The fourth-order valence-corrected chi connectivity index (χ4v) is 5.05. The van der Waals surface area contributed by atoms with Gasteiger partial charge in [-0.05, 0) is 44.2 Å². The smallest absolute Gasteiger partial charge is 0.158 e. The number of methoxy groups -OCH3 is 2. The van der Waals surface area contributed by atoms with Gasteiger partial charge < -0.3 is 34.7 Å². The predicted octanol–water partition coefficient (Wildman–Crippen LogP) is 5.83. The molecular formula is C34H43N7O5S. The number of hydrogen-bond acceptors (Lipinski definition) is 9. The minimum atomic E-state index is -1.52. The fourth-order valence-electron chi connectivity index (χ4n) is 4.07. The largest absolute Gasteiger partial charge is 0.497 e. The van der Waals surface area contributed by atoms with Crippen LogP contribution in [0.3, 0.4) is 0 Å². The monoisotopic (exact) mass is 661 g/mol. The van der Waals surface area contributed by atoms with E-state index in [4.69, 9.17) is 24.7 Å². The van der Waals surface area contributed by atoms with Gasteiger partial charge in [-0.2, -0.15) is 5.10 Å². The lowest BCUT2D eigenvalue weighted by Gasteiger charge is -2.18. The lowest BCUT2D eigenvalue weighted by atomic mass is 10.2. The summed E-state index contributed by atoms with van der Waals surface area (Å²) in [6, 6.07) is 8.98. The summed E-state index contributed by atoms with van der Waals surface area (Å²) in [5.41, 5.74) is 11.8. The minimum absolute atomic E-state index is 0.203. The van der Waals surface area contributed by atoms with E-state index < -0.39 is 11.0 Å². The Kier molecular flexibility index (Phi) is 14.8. The van der Waals surface area contributed by atoms with Crippen molar-refractivity contribution in [3.8, 4) is 11.5 Å². The van der Waals surface area contributed by atoms with Crippen molar-refractivity contribution < 1.29 is 23.2 Å². The van der Waals surface area contributed by atoms with Crippen LogP contribution in [0.15, 0.2) is 117 Å². The number of anilines is 2. The van der Waals surface area contributed by atoms with E-state index in [0.29, 0.717) is 70.3 Å². The number of nitrogens with zero attached hydrogens (tertiary/aromatic N) is 3. The summed E-state index contributed by atoms with van der Waals surface area (Å²) >= 11 is 0. The van der Waals surface area contributed by atoms with Gasteiger partial charge in [-0.15, -0.1) is 0 Å². The van der Waals surface area contributed by atoms with E-state index in [2.05, 4.69) is 30.5 Å². The topological polar surface area (TPSA) is 154 Å². The van der Waals surface area contributed by atoms with E-state index in [1.165, 1.54) is 6.34 Å². The van der Waals surface area contributed by atoms with Crippen LogP contribution in [0.2, 0.25) is 0 Å². The Morgan fingerprint density at radius 3 is 2.57 bits per heavy atom. The SMILES string of the molecule is C/C=C\C(=C/C1=C(C)OCCO1)S(=O)NC1=CC=CC(N=CN/N=C(\N)c2cccnc2Nc2cc(OC)cc(OC)c2)=CC1.CC. The molecule has 1 aromatic carbocycles. The molecule has 250 valence electrons. The first-order valence-corrected chi connectivity index (χ1v) is 16.2. The Balaban J connectivity index is 0.00000294. The molecule has 0 spiro atoms. The van der Waals surface area contributed by atoms with Gasteiger partial charge in [0.25, 0.3) is 0 Å². The maximum atomic E-state index is 13.1. The Morgan fingerprint density at radius 1 is 1.13 bits per heavy atom. The van der Waals surface area contributed by atoms with E-state index in [-0.39, 0.29) is 5.84 Å². The number of pyridine rings is 1. The van der Waals surface area contributed by atoms with Gasteiger partial charge in [-0.25, -0.2) is 14.2 Å². The number of amidine groups is 1. The molecule has 12 nitrogen and oxygen atoms in total. The normalized spacial score (nSPS) is 15.8. The van der Waals surface area contributed by atoms with Crippen molar-refractivity contribution in [2.75, 3.05) is 32.8 Å². The second-order valence-corrected chi connectivity index (χ2v) is 10.6. The second kappa shape index (κ2) is 19.3. The maximum absolute atomic E-state index is 13.1. The van der Waals surface area contributed by atoms with Gasteiger partial charge >= 0.3 is 0 Å². The summed E-state index contributed by atoms with van der Waals surface area (Å²) in [6.07, 6.45) is 16.3. The van der Waals surface area contributed by atoms with Crippen LogP contribution in [-0.2, 0) is 20.5 Å². The third-order valence-corrected chi connectivity index (χ3v) is 7.43. The third-order valence-electron chi connectivity index (χ3n) is 6.30. The lowest BCUT2D eigenvalue weighted by molar-refractivity contribution is 0.0708. The maximum Gasteiger partial charge on any atom is 0.158 e. The molecule has 0 amide bonds. The Bertz CT molecular complexity index is 1620. The number of aliphatic imine (C=N–C) groups is 1. The number of benzene rings is 1. The predicted molar refractivity (Wildman–Crippen MR) is 189 cm³/mol. The van der Waals surface area contributed by atoms with Gasteiger partial charge in [0.15, 0.2) is 11.6 Å². The van der Waals surface area contributed by atoms with Gasteiger partial charge in [0, 0.05) is 48.3 Å². The molecule has 4 rings (SSSR count). The molecule has 1 aliphatic heterocycles. The molecule has 2 heterocycles. The van der Waals surface area contributed by atoms with E-state index >= 15 is 0 Å². The zero-order valence-electron chi connectivity index (χ0n) is 27.6. The number of hydrazone groups is 1. The highest BCUT2D eigenvalue weighted by Crippen LogP contribution is 2.28. The van der Waals surface area contributed by atoms with E-state index in [1.807, 2.05) is 70.2 Å². The molecule has 1 unspecified atom stereocenters. The van der Waals surface area contributed by atoms with Gasteiger partial charge in [0.2, 0.25) is 0 Å². The first kappa shape index (κ1) is 36.2. The van der Waals surface area contributed by atoms with E-state index in [0.717, 1.165) is 5.70 Å². The van der Waals surface area contributed by atoms with Crippen molar-refractivity contribution >= 4 is 34.7 Å². The molecule has 2 aliphatic rings. The summed E-state index contributed by atoms with van der Waals surface area (Å²) in [6.45, 7) is 8.64. The minimum Gasteiger partial charge on any atom is -0.497 e. The average Bonchev–Trinajstić information content (AvgIpc) is 3.32. The van der Waals surface area contributed by atoms with Crippen LogP contribution in [-0.4, -0.2) is 48.8 Å². The molecule has 1 aliphatic carbocycles. The third kappa shape index (κ3) is 11.2. The van der Waals surface area contributed by atoms with Gasteiger partial charge in [-0.1, -0.05) is 32.1 Å². The van der Waals surface area contributed by atoms with Crippen molar-refractivity contribution in [3.05, 3.63) is 112 Å². The number of nitrogens with two attached hydrogens (primary N) is 1. The summed E-state index contributed by atoms with van der Waals surface area (Å²) < 4.78 is 38.1. The summed E-state index contributed by atoms with van der Waals surface area (Å²) in [7, 11) is 1.65. The van der Waals surface area contributed by atoms with Gasteiger partial charge in [0.1, 0.15) is 53.6 Å². The Morgan fingerprint density at radius 2 is 1.87 bits per heavy atom. The molecule has 2 aromatic rings. The lowest BCUT2D eigenvalue weighted by Crippen LogP contribution is -2.20. The summed E-state index contributed by atoms with van der Waals surface area (Å²) in [5, 5.41) is 7.47. The number of hydrogen-bond donors (Lipinski definition) is 4. The van der Waals surface area contributed by atoms with Crippen molar-refractivity contribution in [3.63, 3.8) is 0 Å². The quantitative estimate of drug-likeness (QED) is 0.0899. The van der Waals surface area contributed by atoms with Gasteiger partial charge in [-0.3, -0.25) is 5.43 Å². The van der Waals surface area contributed by atoms with Crippen LogP contribution >= 0.6 is 0 Å². The van der Waals surface area contributed by atoms with Crippen molar-refractivity contribution in [2.24, 2.45) is 15.8 Å². The van der Waals surface area contributed by atoms with Crippen LogP contribution in [0.5, 0.6) is 11.5 Å². The molecule has 47 heavy (non-hydrogen) atoms. The van der Waals surface area contributed by atoms with E-state index in [1.54, 1.807) is 50.8 Å². The molecule has 0 bridgehead atoms. The summed E-state index contributed by atoms with van der Waals surface area (Å²) in [4.78, 5) is 9.39. The van der Waals surface area contributed by atoms with E-state index in [9.17, 15) is 4.21 Å². The van der Waals surface area contributed by atoms with Crippen LogP contribution in [0.25, 0.3) is 0 Å². The zero-order chi connectivity index (χ0) is 34.0. The molecule has 0 saturated carbocycles. The number of ether oxygens (including phenoxy) is 4. The molecule has 5 N–H and O–H groups in total. The zero-order valence-corrected chi connectivity index (χ0v) is 28.4. The van der Waals surface area contributed by atoms with Gasteiger partial charge in [0.05, 0.1) is 30.4 Å². The standard InChI is InChI=1S/C32H37N7O5S.C2H6/c1-5-8-28(20-30-22(2)43-15-16-44-30)45(40)39-24-10-6-9-23(12-13-24)35-21-36-38-31(33)29-11-7-14-34-32(29)37-25-17-26(41-3)19-27(18-25)42-4;1-2/h5-12,14,17-21,39H,13,15-16H2,1-4H3,(H2,33,38)(H,34,37)(H,35,36);1-2H3/b8-5-,28-20+;. The number of allylic oxidation sites excluding steroid dienone is 8. The highest BCUT2D eigenvalue weighted by molar-refractivity contribution is 7.87. The van der Waals surface area contributed by atoms with Crippen LogP contribution < -0.4 is 30.7 Å². The fraction of sp³-hybridized carbons (Fsp3) is 0.265. The molecule has 0 radical (unpaired) electrons. The highest BCUT2D eigenvalue weighted by atomic mass is 32.2. The first-order chi connectivity index (χ1) is 22.9. The first-order valence-electron chi connectivity index (χ1n) is 15.0. The van der Waals surface area contributed by atoms with Crippen LogP contribution in [0, 0.1) is 0 Å². The number of rotatable bonds is 13. The Hall–Kier alpha value is -5.30. The van der Waals surface area contributed by atoms with Crippen LogP contribution in [0.1, 0.15) is 39.7 Å². The molecule has 0 fully saturated rings. The molecular weight excluding hydrogens is 618 g/mol. The molecule has 1 atom stereocenters. The second-order valence-electron chi connectivity index (χ2n) is 9.43. The number of aromatic nitrogens is 1. The number of nitrogens with one attached hydrogen (secondary N) is 3. The highest BCUT2D eigenvalue weighted by Gasteiger charge is 2.14. The molecule has 13 heteroatoms.